The molecular weight excluding hydrogens is 376 g/mol. The first kappa shape index (κ1) is 18.3. The third kappa shape index (κ3) is 3.39. The summed E-state index contributed by atoms with van der Waals surface area (Å²) in [4.78, 5) is 22.1. The molecule has 0 atom stereocenters. The van der Waals surface area contributed by atoms with E-state index in [0.29, 0.717) is 11.4 Å². The number of rotatable bonds is 4. The molecule has 1 aliphatic rings. The predicted octanol–water partition coefficient (Wildman–Crippen LogP) is 4.11. The van der Waals surface area contributed by atoms with Crippen molar-refractivity contribution in [3.63, 3.8) is 0 Å². The third-order valence-electron chi connectivity index (χ3n) is 5.43. The van der Waals surface area contributed by atoms with E-state index in [1.54, 1.807) is 11.0 Å². The van der Waals surface area contributed by atoms with E-state index >= 15 is 0 Å². The van der Waals surface area contributed by atoms with Gasteiger partial charge in [0.25, 0.3) is 5.91 Å². The zero-order chi connectivity index (χ0) is 20.3. The van der Waals surface area contributed by atoms with Crippen LogP contribution in [-0.4, -0.2) is 30.2 Å². The van der Waals surface area contributed by atoms with Gasteiger partial charge in [-0.1, -0.05) is 48.9 Å². The van der Waals surface area contributed by atoms with E-state index in [2.05, 4.69) is 20.0 Å². The van der Waals surface area contributed by atoms with Crippen LogP contribution in [0.4, 0.5) is 5.69 Å². The highest BCUT2D eigenvalue weighted by atomic mass is 16.1. The van der Waals surface area contributed by atoms with Crippen molar-refractivity contribution < 1.29 is 4.79 Å². The standard InChI is InChI=1S/C23H22N6O/c30-23(26-18-11-6-7-12-19(18)29-16-24-15-25-29)21-20-13-5-2-8-14-28(20)22(27-21)17-9-3-1-4-10-17/h1,3-4,6-7,9-12,15-16H,2,5,8,13-14H2,(H,26,30). The van der Waals surface area contributed by atoms with E-state index in [9.17, 15) is 4.79 Å². The van der Waals surface area contributed by atoms with Gasteiger partial charge in [0.2, 0.25) is 0 Å². The van der Waals surface area contributed by atoms with Crippen molar-refractivity contribution >= 4 is 11.6 Å². The van der Waals surface area contributed by atoms with Gasteiger partial charge in [-0.05, 0) is 31.4 Å². The molecular formula is C23H22N6O. The number of carbonyl (C=O) groups is 1. The Morgan fingerprint density at radius 1 is 0.967 bits per heavy atom. The normalized spacial score (nSPS) is 13.5. The quantitative estimate of drug-likeness (QED) is 0.561. The molecule has 4 aromatic rings. The van der Waals surface area contributed by atoms with Gasteiger partial charge in [0.15, 0.2) is 0 Å². The third-order valence-corrected chi connectivity index (χ3v) is 5.43. The van der Waals surface area contributed by atoms with E-state index in [4.69, 9.17) is 4.98 Å². The highest BCUT2D eigenvalue weighted by molar-refractivity contribution is 6.05. The summed E-state index contributed by atoms with van der Waals surface area (Å²) in [6, 6.07) is 17.6. The fraction of sp³-hybridized carbons (Fsp3) is 0.217. The second kappa shape index (κ2) is 7.94. The van der Waals surface area contributed by atoms with Crippen molar-refractivity contribution in [3.05, 3.63) is 78.6 Å². The van der Waals surface area contributed by atoms with Gasteiger partial charge in [-0.15, -0.1) is 0 Å². The number of fused-ring (bicyclic) bond motifs is 1. The highest BCUT2D eigenvalue weighted by Gasteiger charge is 2.24. The largest absolute Gasteiger partial charge is 0.327 e. The lowest BCUT2D eigenvalue weighted by atomic mass is 10.1. The van der Waals surface area contributed by atoms with E-state index in [-0.39, 0.29) is 5.91 Å². The summed E-state index contributed by atoms with van der Waals surface area (Å²) in [6.07, 6.45) is 7.26. The average Bonchev–Trinajstić information content (AvgIpc) is 3.37. The van der Waals surface area contributed by atoms with E-state index < -0.39 is 0 Å². The minimum absolute atomic E-state index is 0.199. The highest BCUT2D eigenvalue weighted by Crippen LogP contribution is 2.28. The van der Waals surface area contributed by atoms with Crippen molar-refractivity contribution in [2.24, 2.45) is 0 Å². The Morgan fingerprint density at radius 2 is 1.80 bits per heavy atom. The predicted molar refractivity (Wildman–Crippen MR) is 115 cm³/mol. The number of benzene rings is 2. The van der Waals surface area contributed by atoms with Gasteiger partial charge >= 0.3 is 0 Å². The first-order valence-corrected chi connectivity index (χ1v) is 10.2. The Labute approximate surface area is 174 Å². The minimum atomic E-state index is -0.199. The smallest absolute Gasteiger partial charge is 0.276 e. The summed E-state index contributed by atoms with van der Waals surface area (Å²) in [5.74, 6) is 0.664. The lowest BCUT2D eigenvalue weighted by molar-refractivity contribution is 0.102. The maximum absolute atomic E-state index is 13.3. The Balaban J connectivity index is 1.54. The fourth-order valence-corrected chi connectivity index (χ4v) is 4.00. The van der Waals surface area contributed by atoms with Gasteiger partial charge in [-0.3, -0.25) is 4.79 Å². The van der Waals surface area contributed by atoms with E-state index in [0.717, 1.165) is 55.0 Å². The van der Waals surface area contributed by atoms with Crippen molar-refractivity contribution in [2.45, 2.75) is 32.2 Å². The molecule has 3 heterocycles. The molecule has 0 saturated carbocycles. The molecule has 5 rings (SSSR count). The van der Waals surface area contributed by atoms with Crippen molar-refractivity contribution in [3.8, 4) is 17.1 Å². The van der Waals surface area contributed by atoms with Crippen molar-refractivity contribution in [1.82, 2.24) is 24.3 Å². The molecule has 1 amide bonds. The molecule has 30 heavy (non-hydrogen) atoms. The maximum Gasteiger partial charge on any atom is 0.276 e. The second-order valence-corrected chi connectivity index (χ2v) is 7.37. The number of imidazole rings is 1. The van der Waals surface area contributed by atoms with E-state index in [1.165, 1.54) is 6.33 Å². The monoisotopic (exact) mass is 398 g/mol. The number of nitrogens with one attached hydrogen (secondary N) is 1. The Bertz CT molecular complexity index is 1160. The molecule has 150 valence electrons. The van der Waals surface area contributed by atoms with Gasteiger partial charge in [0, 0.05) is 12.1 Å². The number of aromatic nitrogens is 5. The summed E-state index contributed by atoms with van der Waals surface area (Å²) >= 11 is 0. The van der Waals surface area contributed by atoms with Crippen LogP contribution in [-0.2, 0) is 13.0 Å². The first-order valence-electron chi connectivity index (χ1n) is 10.2. The van der Waals surface area contributed by atoms with Crippen LogP contribution in [0.15, 0.2) is 67.3 Å². The zero-order valence-electron chi connectivity index (χ0n) is 16.5. The van der Waals surface area contributed by atoms with Crippen LogP contribution in [0, 0.1) is 0 Å². The van der Waals surface area contributed by atoms with Crippen LogP contribution in [0.5, 0.6) is 0 Å². The molecule has 7 heteroatoms. The first-order chi connectivity index (χ1) is 14.8. The molecule has 0 saturated heterocycles. The zero-order valence-corrected chi connectivity index (χ0v) is 16.5. The summed E-state index contributed by atoms with van der Waals surface area (Å²) in [6.45, 7) is 0.884. The van der Waals surface area contributed by atoms with Gasteiger partial charge in [-0.25, -0.2) is 14.6 Å². The molecule has 1 N–H and O–H groups in total. The SMILES string of the molecule is O=C(Nc1ccccc1-n1cncn1)c1nc(-c2ccccc2)n2c1CCCCC2. The number of amides is 1. The van der Waals surface area contributed by atoms with Crippen LogP contribution in [0.3, 0.4) is 0 Å². The van der Waals surface area contributed by atoms with E-state index in [1.807, 2.05) is 54.6 Å². The fourth-order valence-electron chi connectivity index (χ4n) is 4.00. The van der Waals surface area contributed by atoms with Crippen LogP contribution < -0.4 is 5.32 Å². The number of para-hydroxylation sites is 2. The number of hydrogen-bond acceptors (Lipinski definition) is 4. The number of nitrogens with zero attached hydrogens (tertiary/aromatic N) is 5. The molecule has 0 aliphatic carbocycles. The van der Waals surface area contributed by atoms with Gasteiger partial charge < -0.3 is 9.88 Å². The number of hydrogen-bond donors (Lipinski definition) is 1. The Hall–Kier alpha value is -3.74. The Kier molecular flexibility index (Phi) is 4.85. The lowest BCUT2D eigenvalue weighted by Crippen LogP contribution is -2.17. The van der Waals surface area contributed by atoms with Crippen LogP contribution >= 0.6 is 0 Å². The van der Waals surface area contributed by atoms with Crippen molar-refractivity contribution in [1.29, 1.82) is 0 Å². The molecule has 0 unspecified atom stereocenters. The van der Waals surface area contributed by atoms with Gasteiger partial charge in [0.1, 0.15) is 24.2 Å². The summed E-state index contributed by atoms with van der Waals surface area (Å²) in [5.41, 5.74) is 3.98. The molecule has 2 aromatic carbocycles. The molecule has 0 radical (unpaired) electrons. The van der Waals surface area contributed by atoms with Crippen LogP contribution in [0.2, 0.25) is 0 Å². The average molecular weight is 398 g/mol. The van der Waals surface area contributed by atoms with Gasteiger partial charge in [-0.2, -0.15) is 5.10 Å². The topological polar surface area (TPSA) is 77.6 Å². The second-order valence-electron chi connectivity index (χ2n) is 7.37. The molecule has 2 aromatic heterocycles. The van der Waals surface area contributed by atoms with Crippen LogP contribution in [0.1, 0.15) is 35.4 Å². The molecule has 0 bridgehead atoms. The molecule has 0 fully saturated rings. The summed E-state index contributed by atoms with van der Waals surface area (Å²) < 4.78 is 3.86. The molecule has 7 nitrogen and oxygen atoms in total. The summed E-state index contributed by atoms with van der Waals surface area (Å²) in [7, 11) is 0. The molecule has 0 spiro atoms. The van der Waals surface area contributed by atoms with Crippen molar-refractivity contribution in [2.75, 3.05) is 5.32 Å². The Morgan fingerprint density at radius 3 is 2.63 bits per heavy atom. The molecule has 1 aliphatic heterocycles. The minimum Gasteiger partial charge on any atom is -0.327 e. The lowest BCUT2D eigenvalue weighted by Gasteiger charge is -2.11. The van der Waals surface area contributed by atoms with Gasteiger partial charge in [0.05, 0.1) is 17.1 Å². The maximum atomic E-state index is 13.3. The number of carbonyl (C=O) groups excluding carboxylic acids is 1. The number of anilines is 1. The van der Waals surface area contributed by atoms with Crippen LogP contribution in [0.25, 0.3) is 17.1 Å². The summed E-state index contributed by atoms with van der Waals surface area (Å²) in [5, 5.41) is 7.24.